The van der Waals surface area contributed by atoms with Crippen molar-refractivity contribution in [3.05, 3.63) is 0 Å². The number of nitrogens with zero attached hydrogens (tertiary/aromatic N) is 1. The third-order valence-electron chi connectivity index (χ3n) is 3.16. The number of carboxylic acids is 1. The molecule has 100 valence electrons. The van der Waals surface area contributed by atoms with Crippen LogP contribution < -0.4 is 5.32 Å². The van der Waals surface area contributed by atoms with E-state index in [-0.39, 0.29) is 6.10 Å². The third kappa shape index (κ3) is 4.26. The smallest absolute Gasteiger partial charge is 0.324 e. The van der Waals surface area contributed by atoms with Gasteiger partial charge >= 0.3 is 5.97 Å². The van der Waals surface area contributed by atoms with Crippen molar-refractivity contribution in [3.63, 3.8) is 0 Å². The quantitative estimate of drug-likeness (QED) is 0.685. The summed E-state index contributed by atoms with van der Waals surface area (Å²) in [5.74, 6) is -0.807. The van der Waals surface area contributed by atoms with Crippen LogP contribution in [0.5, 0.6) is 0 Å². The van der Waals surface area contributed by atoms with Gasteiger partial charge in [-0.2, -0.15) is 0 Å². The molecule has 0 aromatic rings. The number of carboxylic acid groups (broad SMARTS) is 1. The molecule has 1 fully saturated rings. The Morgan fingerprint density at radius 2 is 2.35 bits per heavy atom. The molecule has 0 radical (unpaired) electrons. The van der Waals surface area contributed by atoms with Crippen molar-refractivity contribution < 1.29 is 14.6 Å². The standard InChI is InChI=1S/C12H24N2O3/c1-4-13-12(2,11(15)16)9-14(3)8-10-6-5-7-17-10/h10,13H,4-9H2,1-3H3,(H,15,16). The minimum absolute atomic E-state index is 0.264. The molecule has 1 aliphatic heterocycles. The van der Waals surface area contributed by atoms with E-state index in [0.717, 1.165) is 26.0 Å². The second-order valence-electron chi connectivity index (χ2n) is 5.00. The average molecular weight is 244 g/mol. The van der Waals surface area contributed by atoms with Gasteiger partial charge in [0, 0.05) is 19.7 Å². The Morgan fingerprint density at radius 1 is 1.65 bits per heavy atom. The van der Waals surface area contributed by atoms with Crippen LogP contribution in [0.15, 0.2) is 0 Å². The molecule has 2 unspecified atom stereocenters. The number of rotatable bonds is 7. The molecule has 0 saturated carbocycles. The monoisotopic (exact) mass is 244 g/mol. The van der Waals surface area contributed by atoms with E-state index in [4.69, 9.17) is 4.74 Å². The van der Waals surface area contributed by atoms with Crippen molar-refractivity contribution in [3.8, 4) is 0 Å². The van der Waals surface area contributed by atoms with Gasteiger partial charge in [-0.1, -0.05) is 6.92 Å². The first kappa shape index (κ1) is 14.4. The molecule has 5 nitrogen and oxygen atoms in total. The number of hydrogen-bond acceptors (Lipinski definition) is 4. The van der Waals surface area contributed by atoms with Crippen molar-refractivity contribution in [2.45, 2.75) is 38.3 Å². The van der Waals surface area contributed by atoms with Gasteiger partial charge in [-0.25, -0.2) is 0 Å². The highest BCUT2D eigenvalue weighted by Crippen LogP contribution is 2.14. The first-order valence-corrected chi connectivity index (χ1v) is 6.26. The van der Waals surface area contributed by atoms with E-state index >= 15 is 0 Å². The molecule has 0 spiro atoms. The molecule has 2 N–H and O–H groups in total. The lowest BCUT2D eigenvalue weighted by Crippen LogP contribution is -2.56. The van der Waals surface area contributed by atoms with E-state index in [1.165, 1.54) is 0 Å². The molecule has 1 aliphatic rings. The first-order valence-electron chi connectivity index (χ1n) is 6.26. The molecule has 1 saturated heterocycles. The molecule has 1 heterocycles. The zero-order valence-electron chi connectivity index (χ0n) is 11.0. The van der Waals surface area contributed by atoms with Crippen molar-refractivity contribution in [2.75, 3.05) is 33.3 Å². The van der Waals surface area contributed by atoms with E-state index in [9.17, 15) is 9.90 Å². The van der Waals surface area contributed by atoms with E-state index in [1.807, 2.05) is 18.9 Å². The largest absolute Gasteiger partial charge is 0.480 e. The lowest BCUT2D eigenvalue weighted by molar-refractivity contribution is -0.145. The van der Waals surface area contributed by atoms with Crippen LogP contribution in [0.3, 0.4) is 0 Å². The van der Waals surface area contributed by atoms with Gasteiger partial charge in [0.05, 0.1) is 6.10 Å². The van der Waals surface area contributed by atoms with Gasteiger partial charge in [0.2, 0.25) is 0 Å². The van der Waals surface area contributed by atoms with Crippen molar-refractivity contribution in [1.29, 1.82) is 0 Å². The van der Waals surface area contributed by atoms with E-state index in [0.29, 0.717) is 13.1 Å². The Kier molecular flexibility index (Phi) is 5.36. The molecule has 0 aliphatic carbocycles. The van der Waals surface area contributed by atoms with Crippen LogP contribution in [0.1, 0.15) is 26.7 Å². The van der Waals surface area contributed by atoms with Gasteiger partial charge in [0.1, 0.15) is 5.54 Å². The molecular formula is C12H24N2O3. The number of ether oxygens (including phenoxy) is 1. The molecule has 0 aromatic heterocycles. The van der Waals surface area contributed by atoms with Gasteiger partial charge in [-0.3, -0.25) is 4.79 Å². The number of aliphatic carboxylic acids is 1. The Balaban J connectivity index is 2.45. The molecular weight excluding hydrogens is 220 g/mol. The summed E-state index contributed by atoms with van der Waals surface area (Å²) in [6, 6.07) is 0. The van der Waals surface area contributed by atoms with Crippen LogP contribution >= 0.6 is 0 Å². The number of likely N-dealkylation sites (N-methyl/N-ethyl adjacent to an activating group) is 2. The summed E-state index contributed by atoms with van der Waals surface area (Å²) >= 11 is 0. The van der Waals surface area contributed by atoms with Crippen LogP contribution in [0.25, 0.3) is 0 Å². The van der Waals surface area contributed by atoms with Gasteiger partial charge in [0.15, 0.2) is 0 Å². The maximum Gasteiger partial charge on any atom is 0.324 e. The summed E-state index contributed by atoms with van der Waals surface area (Å²) in [5.41, 5.74) is -0.887. The summed E-state index contributed by atoms with van der Waals surface area (Å²) < 4.78 is 5.55. The maximum atomic E-state index is 11.3. The highest BCUT2D eigenvalue weighted by atomic mass is 16.5. The molecule has 0 amide bonds. The molecule has 2 atom stereocenters. The first-order chi connectivity index (χ1) is 7.98. The molecule has 0 aromatic carbocycles. The van der Waals surface area contributed by atoms with Crippen LogP contribution in [-0.2, 0) is 9.53 Å². The normalized spacial score (nSPS) is 23.9. The van der Waals surface area contributed by atoms with Crippen molar-refractivity contribution in [1.82, 2.24) is 10.2 Å². The van der Waals surface area contributed by atoms with Crippen LogP contribution in [0.4, 0.5) is 0 Å². The zero-order valence-corrected chi connectivity index (χ0v) is 11.0. The highest BCUT2D eigenvalue weighted by molar-refractivity contribution is 5.78. The Labute approximate surface area is 103 Å². The van der Waals surface area contributed by atoms with Crippen LogP contribution in [0, 0.1) is 0 Å². The zero-order chi connectivity index (χ0) is 12.9. The fraction of sp³-hybridized carbons (Fsp3) is 0.917. The molecule has 0 bridgehead atoms. The summed E-state index contributed by atoms with van der Waals surface area (Å²) in [7, 11) is 1.94. The summed E-state index contributed by atoms with van der Waals surface area (Å²) in [6.45, 7) is 6.41. The summed E-state index contributed by atoms with van der Waals surface area (Å²) in [5, 5.41) is 12.3. The second kappa shape index (κ2) is 6.33. The number of carbonyl (C=O) groups is 1. The van der Waals surface area contributed by atoms with E-state index in [2.05, 4.69) is 5.32 Å². The Morgan fingerprint density at radius 3 is 2.82 bits per heavy atom. The number of hydrogen-bond donors (Lipinski definition) is 2. The lowest BCUT2D eigenvalue weighted by Gasteiger charge is -2.31. The van der Waals surface area contributed by atoms with Gasteiger partial charge < -0.3 is 20.1 Å². The minimum atomic E-state index is -0.887. The minimum Gasteiger partial charge on any atom is -0.480 e. The third-order valence-corrected chi connectivity index (χ3v) is 3.16. The second-order valence-corrected chi connectivity index (χ2v) is 5.00. The van der Waals surface area contributed by atoms with Crippen LogP contribution in [0.2, 0.25) is 0 Å². The predicted octanol–water partition coefficient (Wildman–Crippen LogP) is 0.550. The van der Waals surface area contributed by atoms with Crippen molar-refractivity contribution in [2.24, 2.45) is 0 Å². The molecule has 17 heavy (non-hydrogen) atoms. The van der Waals surface area contributed by atoms with Gasteiger partial charge in [0.25, 0.3) is 0 Å². The predicted molar refractivity (Wildman–Crippen MR) is 66.2 cm³/mol. The fourth-order valence-corrected chi connectivity index (χ4v) is 2.33. The molecule has 5 heteroatoms. The summed E-state index contributed by atoms with van der Waals surface area (Å²) in [6.07, 6.45) is 2.46. The highest BCUT2D eigenvalue weighted by Gasteiger charge is 2.34. The number of nitrogens with one attached hydrogen (secondary N) is 1. The SMILES string of the molecule is CCNC(C)(CN(C)CC1CCCO1)C(=O)O. The maximum absolute atomic E-state index is 11.3. The van der Waals surface area contributed by atoms with Gasteiger partial charge in [-0.15, -0.1) is 0 Å². The van der Waals surface area contributed by atoms with Crippen LogP contribution in [-0.4, -0.2) is 60.9 Å². The van der Waals surface area contributed by atoms with E-state index < -0.39 is 11.5 Å². The average Bonchev–Trinajstić information content (AvgIpc) is 2.70. The topological polar surface area (TPSA) is 61.8 Å². The Bertz CT molecular complexity index is 254. The van der Waals surface area contributed by atoms with Gasteiger partial charge in [-0.05, 0) is 33.4 Å². The molecule has 1 rings (SSSR count). The fourth-order valence-electron chi connectivity index (χ4n) is 2.33. The summed E-state index contributed by atoms with van der Waals surface area (Å²) in [4.78, 5) is 13.3. The Hall–Kier alpha value is -0.650. The van der Waals surface area contributed by atoms with E-state index in [1.54, 1.807) is 6.92 Å². The lowest BCUT2D eigenvalue weighted by atomic mass is 10.0. The van der Waals surface area contributed by atoms with Crippen molar-refractivity contribution >= 4 is 5.97 Å².